The van der Waals surface area contributed by atoms with Gasteiger partial charge in [0.1, 0.15) is 0 Å². The molecule has 0 aliphatic heterocycles. The summed E-state index contributed by atoms with van der Waals surface area (Å²) in [5, 5.41) is -0.571. The molecule has 80 valence electrons. The Morgan fingerprint density at radius 1 is 1.69 bits per heavy atom. The van der Waals surface area contributed by atoms with Gasteiger partial charge in [0.15, 0.2) is 0 Å². The van der Waals surface area contributed by atoms with Crippen molar-refractivity contribution in [2.75, 3.05) is 6.16 Å². The minimum atomic E-state index is -3.50. The first-order valence-corrected chi connectivity index (χ1v) is 5.70. The van der Waals surface area contributed by atoms with Gasteiger partial charge in [-0.1, -0.05) is 6.92 Å². The molecule has 0 heterocycles. The predicted molar refractivity (Wildman–Crippen MR) is 53.6 cm³/mol. The molecule has 13 heavy (non-hydrogen) atoms. The van der Waals surface area contributed by atoms with Crippen LogP contribution in [0.4, 0.5) is 0 Å². The zero-order valence-electron chi connectivity index (χ0n) is 7.40. The van der Waals surface area contributed by atoms with Crippen LogP contribution in [0, 0.1) is 0 Å². The molecule has 0 aliphatic carbocycles. The molecule has 0 fully saturated rings. The van der Waals surface area contributed by atoms with E-state index in [4.69, 9.17) is 21.0 Å². The van der Waals surface area contributed by atoms with E-state index in [1.807, 2.05) is 0 Å². The van der Waals surface area contributed by atoms with Crippen LogP contribution in [-0.2, 0) is 13.9 Å². The summed E-state index contributed by atoms with van der Waals surface area (Å²) in [6.07, 6.45) is -0.620. The summed E-state index contributed by atoms with van der Waals surface area (Å²) >= 11 is 5.05. The number of carbonyl (C=O) groups is 1. The Bertz CT molecular complexity index is 209. The third-order valence-electron chi connectivity index (χ3n) is 1.19. The summed E-state index contributed by atoms with van der Waals surface area (Å²) in [6.45, 7) is 3.06. The van der Waals surface area contributed by atoms with Gasteiger partial charge in [0, 0.05) is 12.6 Å². The number of hydrogen-bond donors (Lipinski definition) is 1. The molecule has 0 aromatic heterocycles. The maximum atomic E-state index is 11.0. The van der Waals surface area contributed by atoms with Crippen LogP contribution in [0.2, 0.25) is 0 Å². The van der Waals surface area contributed by atoms with E-state index < -0.39 is 18.9 Å². The summed E-state index contributed by atoms with van der Waals surface area (Å²) in [5.74, 6) is 0. The maximum Gasteiger partial charge on any atom is 0.328 e. The first kappa shape index (κ1) is 15.9. The quantitative estimate of drug-likeness (QED) is 0.600. The van der Waals surface area contributed by atoms with E-state index in [-0.39, 0.29) is 25.0 Å². The molecule has 0 aromatic rings. The molecule has 0 rings (SSSR count). The van der Waals surface area contributed by atoms with Crippen LogP contribution in [0.15, 0.2) is 0 Å². The van der Waals surface area contributed by atoms with Gasteiger partial charge in [0.2, 0.25) is 5.24 Å². The Morgan fingerprint density at radius 2 is 2.15 bits per heavy atom. The minimum Gasteiger partial charge on any atom is -0.324 e. The zero-order valence-corrected chi connectivity index (χ0v) is 9.86. The van der Waals surface area contributed by atoms with E-state index in [0.29, 0.717) is 0 Å². The monoisotopic (exact) mass is 250 g/mol. The van der Waals surface area contributed by atoms with Crippen LogP contribution in [0.1, 0.15) is 20.3 Å². The van der Waals surface area contributed by atoms with Crippen LogP contribution in [-0.4, -0.2) is 22.4 Å². The average molecular weight is 251 g/mol. The molecule has 7 heteroatoms. The van der Waals surface area contributed by atoms with Crippen LogP contribution < -0.4 is 0 Å². The van der Waals surface area contributed by atoms with Gasteiger partial charge in [-0.05, 0) is 18.5 Å². The van der Waals surface area contributed by atoms with Crippen molar-refractivity contribution in [2.24, 2.45) is 0 Å². The van der Waals surface area contributed by atoms with E-state index in [1.165, 1.54) is 13.8 Å². The molecule has 0 aromatic carbocycles. The van der Waals surface area contributed by atoms with Crippen molar-refractivity contribution in [3.8, 4) is 0 Å². The molecule has 2 unspecified atom stereocenters. The fourth-order valence-corrected chi connectivity index (χ4v) is 1.62. The third-order valence-corrected chi connectivity index (χ3v) is 2.84. The summed E-state index contributed by atoms with van der Waals surface area (Å²) in [7, 11) is -3.50. The first-order valence-electron chi connectivity index (χ1n) is 3.56. The molecule has 0 saturated carbocycles. The third kappa shape index (κ3) is 8.72. The van der Waals surface area contributed by atoms with Crippen molar-refractivity contribution >= 4 is 36.8 Å². The SMILES string of the molecule is CCP(=O)(O)OC(C)CC(=O)Cl.Cl. The highest BCUT2D eigenvalue weighted by molar-refractivity contribution is 7.52. The van der Waals surface area contributed by atoms with E-state index in [2.05, 4.69) is 0 Å². The summed E-state index contributed by atoms with van der Waals surface area (Å²) in [4.78, 5) is 19.3. The molecule has 0 bridgehead atoms. The Kier molecular flexibility index (Phi) is 8.29. The zero-order chi connectivity index (χ0) is 9.78. The van der Waals surface area contributed by atoms with Gasteiger partial charge in [0.25, 0.3) is 0 Å². The second kappa shape index (κ2) is 6.80. The van der Waals surface area contributed by atoms with Crippen molar-refractivity contribution in [1.29, 1.82) is 0 Å². The second-order valence-electron chi connectivity index (χ2n) is 2.43. The molecule has 1 N–H and O–H groups in total. The Labute approximate surface area is 88.6 Å². The van der Waals surface area contributed by atoms with Crippen molar-refractivity contribution in [2.45, 2.75) is 26.4 Å². The molecule has 0 radical (unpaired) electrons. The van der Waals surface area contributed by atoms with E-state index in [1.54, 1.807) is 0 Å². The lowest BCUT2D eigenvalue weighted by molar-refractivity contribution is -0.112. The summed E-state index contributed by atoms with van der Waals surface area (Å²) in [5.41, 5.74) is 0. The van der Waals surface area contributed by atoms with E-state index in [9.17, 15) is 9.36 Å². The largest absolute Gasteiger partial charge is 0.328 e. The smallest absolute Gasteiger partial charge is 0.324 e. The van der Waals surface area contributed by atoms with Crippen molar-refractivity contribution in [3.05, 3.63) is 0 Å². The molecule has 0 saturated heterocycles. The molecule has 0 amide bonds. The molecular weight excluding hydrogens is 238 g/mol. The molecule has 0 spiro atoms. The lowest BCUT2D eigenvalue weighted by atomic mass is 10.3. The van der Waals surface area contributed by atoms with E-state index in [0.717, 1.165) is 0 Å². The first-order chi connectivity index (χ1) is 5.37. The van der Waals surface area contributed by atoms with Crippen LogP contribution in [0.3, 0.4) is 0 Å². The number of hydrogen-bond acceptors (Lipinski definition) is 3. The average Bonchev–Trinajstić information content (AvgIpc) is 1.84. The topological polar surface area (TPSA) is 63.6 Å². The molecule has 0 aliphatic rings. The minimum absolute atomic E-state index is 0. The van der Waals surface area contributed by atoms with Crippen molar-refractivity contribution in [3.63, 3.8) is 0 Å². The van der Waals surface area contributed by atoms with Crippen molar-refractivity contribution < 1.29 is 18.8 Å². The lowest BCUT2D eigenvalue weighted by Crippen LogP contribution is -2.10. The Balaban J connectivity index is 0. The number of carbonyl (C=O) groups excluding carboxylic acids is 1. The van der Waals surface area contributed by atoms with Gasteiger partial charge in [-0.2, -0.15) is 0 Å². The van der Waals surface area contributed by atoms with Gasteiger partial charge in [-0.3, -0.25) is 9.36 Å². The molecule has 4 nitrogen and oxygen atoms in total. The van der Waals surface area contributed by atoms with Gasteiger partial charge >= 0.3 is 7.60 Å². The lowest BCUT2D eigenvalue weighted by Gasteiger charge is -2.14. The fraction of sp³-hybridized carbons (Fsp3) is 0.833. The maximum absolute atomic E-state index is 11.0. The normalized spacial score (nSPS) is 16.9. The highest BCUT2D eigenvalue weighted by atomic mass is 35.5. The second-order valence-corrected chi connectivity index (χ2v) is 4.97. The van der Waals surface area contributed by atoms with Crippen LogP contribution in [0.25, 0.3) is 0 Å². The van der Waals surface area contributed by atoms with E-state index >= 15 is 0 Å². The van der Waals surface area contributed by atoms with Crippen molar-refractivity contribution in [1.82, 2.24) is 0 Å². The standard InChI is InChI=1S/C6H12ClO4P.ClH/c1-3-12(9,10)11-5(2)4-6(7)8;/h5H,3-4H2,1-2H3,(H,9,10);1H. The van der Waals surface area contributed by atoms with Crippen LogP contribution in [0.5, 0.6) is 0 Å². The highest BCUT2D eigenvalue weighted by Crippen LogP contribution is 2.42. The summed E-state index contributed by atoms with van der Waals surface area (Å²) < 4.78 is 15.7. The number of rotatable bonds is 5. The van der Waals surface area contributed by atoms with Gasteiger partial charge in [0.05, 0.1) is 6.10 Å². The molecular formula is C6H13Cl2O4P. The fourth-order valence-electron chi connectivity index (χ4n) is 0.619. The van der Waals surface area contributed by atoms with Crippen LogP contribution >= 0.6 is 31.6 Å². The predicted octanol–water partition coefficient (Wildman–Crippen LogP) is 2.17. The highest BCUT2D eigenvalue weighted by Gasteiger charge is 2.20. The van der Waals surface area contributed by atoms with Gasteiger partial charge < -0.3 is 9.42 Å². The summed E-state index contributed by atoms with van der Waals surface area (Å²) in [6, 6.07) is 0. The Hall–Kier alpha value is 0.400. The van der Waals surface area contributed by atoms with Gasteiger partial charge in [-0.15, -0.1) is 12.4 Å². The number of halogens is 2. The molecule has 2 atom stereocenters. The van der Waals surface area contributed by atoms with Gasteiger partial charge in [-0.25, -0.2) is 0 Å². The Morgan fingerprint density at radius 3 is 2.46 bits per heavy atom.